The molecule has 21 heavy (non-hydrogen) atoms. The molecule has 1 unspecified atom stereocenters. The molecule has 0 aliphatic rings. The third-order valence-electron chi connectivity index (χ3n) is 3.33. The van der Waals surface area contributed by atoms with Crippen LogP contribution >= 0.6 is 15.9 Å². The number of rotatable bonds is 6. The SMILES string of the molecule is CC(Cc1ccccc1)NCc1ccc(C(=O)O)cc1Br. The molecule has 0 saturated carbocycles. The lowest BCUT2D eigenvalue weighted by Crippen LogP contribution is -2.27. The van der Waals surface area contributed by atoms with E-state index in [9.17, 15) is 4.79 Å². The number of aromatic carboxylic acids is 1. The predicted octanol–water partition coefficient (Wildman–Crippen LogP) is 3.87. The number of hydrogen-bond acceptors (Lipinski definition) is 2. The van der Waals surface area contributed by atoms with Gasteiger partial charge in [0.2, 0.25) is 0 Å². The highest BCUT2D eigenvalue weighted by molar-refractivity contribution is 9.10. The molecule has 0 aromatic heterocycles. The van der Waals surface area contributed by atoms with Gasteiger partial charge in [-0.25, -0.2) is 4.79 Å². The van der Waals surface area contributed by atoms with E-state index in [2.05, 4.69) is 40.3 Å². The number of carboxylic acids is 1. The quantitative estimate of drug-likeness (QED) is 0.833. The van der Waals surface area contributed by atoms with Crippen LogP contribution in [0.15, 0.2) is 53.0 Å². The standard InChI is InChI=1S/C17H18BrNO2/c1-12(9-13-5-3-2-4-6-13)19-11-15-8-7-14(17(20)21)10-16(15)18/h2-8,10,12,19H,9,11H2,1H3,(H,20,21). The minimum atomic E-state index is -0.910. The Labute approximate surface area is 133 Å². The highest BCUT2D eigenvalue weighted by Gasteiger charge is 2.08. The van der Waals surface area contributed by atoms with Gasteiger partial charge in [0, 0.05) is 17.1 Å². The van der Waals surface area contributed by atoms with Gasteiger partial charge in [0.1, 0.15) is 0 Å². The van der Waals surface area contributed by atoms with Crippen LogP contribution in [0.4, 0.5) is 0 Å². The molecule has 2 N–H and O–H groups in total. The van der Waals surface area contributed by atoms with Crippen LogP contribution in [0.1, 0.15) is 28.4 Å². The Morgan fingerprint density at radius 1 is 1.24 bits per heavy atom. The minimum Gasteiger partial charge on any atom is -0.478 e. The third-order valence-corrected chi connectivity index (χ3v) is 4.06. The van der Waals surface area contributed by atoms with E-state index in [0.717, 1.165) is 16.5 Å². The molecule has 0 aliphatic carbocycles. The van der Waals surface area contributed by atoms with Gasteiger partial charge in [0.15, 0.2) is 0 Å². The summed E-state index contributed by atoms with van der Waals surface area (Å²) in [5, 5.41) is 12.4. The number of nitrogens with one attached hydrogen (secondary N) is 1. The zero-order chi connectivity index (χ0) is 15.2. The largest absolute Gasteiger partial charge is 0.478 e. The molecule has 0 aliphatic heterocycles. The summed E-state index contributed by atoms with van der Waals surface area (Å²) >= 11 is 3.43. The van der Waals surface area contributed by atoms with Crippen molar-refractivity contribution in [1.29, 1.82) is 0 Å². The van der Waals surface area contributed by atoms with Gasteiger partial charge in [-0.2, -0.15) is 0 Å². The molecule has 0 heterocycles. The molecule has 2 aromatic carbocycles. The van der Waals surface area contributed by atoms with Gasteiger partial charge in [-0.05, 0) is 36.6 Å². The molecule has 0 radical (unpaired) electrons. The van der Waals surface area contributed by atoms with Crippen molar-refractivity contribution in [2.24, 2.45) is 0 Å². The average molecular weight is 348 g/mol. The molecule has 0 bridgehead atoms. The van der Waals surface area contributed by atoms with Crippen LogP contribution < -0.4 is 5.32 Å². The fraction of sp³-hybridized carbons (Fsp3) is 0.235. The topological polar surface area (TPSA) is 49.3 Å². The van der Waals surface area contributed by atoms with Crippen molar-refractivity contribution in [2.45, 2.75) is 25.9 Å². The van der Waals surface area contributed by atoms with Gasteiger partial charge in [-0.15, -0.1) is 0 Å². The van der Waals surface area contributed by atoms with Crippen LogP contribution in [-0.4, -0.2) is 17.1 Å². The molecule has 2 rings (SSSR count). The van der Waals surface area contributed by atoms with Crippen molar-refractivity contribution in [2.75, 3.05) is 0 Å². The fourth-order valence-electron chi connectivity index (χ4n) is 2.15. The van der Waals surface area contributed by atoms with Crippen LogP contribution in [0, 0.1) is 0 Å². The second kappa shape index (κ2) is 7.38. The maximum Gasteiger partial charge on any atom is 0.335 e. The van der Waals surface area contributed by atoms with Crippen LogP contribution in [0.25, 0.3) is 0 Å². The van der Waals surface area contributed by atoms with Gasteiger partial charge >= 0.3 is 5.97 Å². The second-order valence-corrected chi connectivity index (χ2v) is 5.94. The molecule has 0 spiro atoms. The van der Waals surface area contributed by atoms with Gasteiger partial charge < -0.3 is 10.4 Å². The van der Waals surface area contributed by atoms with Crippen molar-refractivity contribution in [3.63, 3.8) is 0 Å². The summed E-state index contributed by atoms with van der Waals surface area (Å²) in [6.45, 7) is 2.85. The van der Waals surface area contributed by atoms with Crippen LogP contribution in [0.2, 0.25) is 0 Å². The number of carbonyl (C=O) groups is 1. The summed E-state index contributed by atoms with van der Waals surface area (Å²) in [6.07, 6.45) is 0.964. The average Bonchev–Trinajstić information content (AvgIpc) is 2.47. The molecule has 1 atom stereocenters. The lowest BCUT2D eigenvalue weighted by Gasteiger charge is -2.15. The third kappa shape index (κ3) is 4.69. The Balaban J connectivity index is 1.92. The molecule has 4 heteroatoms. The maximum atomic E-state index is 10.9. The molecule has 3 nitrogen and oxygen atoms in total. The number of benzene rings is 2. The van der Waals surface area contributed by atoms with Crippen molar-refractivity contribution in [3.8, 4) is 0 Å². The normalized spacial score (nSPS) is 12.1. The Morgan fingerprint density at radius 2 is 1.95 bits per heavy atom. The van der Waals surface area contributed by atoms with E-state index in [1.807, 2.05) is 24.3 Å². The van der Waals surface area contributed by atoms with Crippen LogP contribution in [0.3, 0.4) is 0 Å². The Kier molecular flexibility index (Phi) is 5.53. The van der Waals surface area contributed by atoms with Crippen molar-refractivity contribution < 1.29 is 9.90 Å². The van der Waals surface area contributed by atoms with Gasteiger partial charge in [0.05, 0.1) is 5.56 Å². The molecule has 110 valence electrons. The zero-order valence-electron chi connectivity index (χ0n) is 11.8. The van der Waals surface area contributed by atoms with Gasteiger partial charge in [0.25, 0.3) is 0 Å². The van der Waals surface area contributed by atoms with E-state index in [4.69, 9.17) is 5.11 Å². The molecule has 0 fully saturated rings. The van der Waals surface area contributed by atoms with E-state index >= 15 is 0 Å². The second-order valence-electron chi connectivity index (χ2n) is 5.08. The summed E-state index contributed by atoms with van der Waals surface area (Å²) in [7, 11) is 0. The molecule has 0 amide bonds. The number of carboxylic acid groups (broad SMARTS) is 1. The number of halogens is 1. The smallest absolute Gasteiger partial charge is 0.335 e. The summed E-state index contributed by atoms with van der Waals surface area (Å²) in [6, 6.07) is 15.8. The van der Waals surface area contributed by atoms with Gasteiger partial charge in [-0.3, -0.25) is 0 Å². The summed E-state index contributed by atoms with van der Waals surface area (Å²) in [5.74, 6) is -0.910. The van der Waals surface area contributed by atoms with Crippen LogP contribution in [0.5, 0.6) is 0 Å². The molecular formula is C17H18BrNO2. The van der Waals surface area contributed by atoms with Gasteiger partial charge in [-0.1, -0.05) is 52.3 Å². The summed E-state index contributed by atoms with van der Waals surface area (Å²) in [5.41, 5.74) is 2.65. The summed E-state index contributed by atoms with van der Waals surface area (Å²) in [4.78, 5) is 10.9. The molecule has 0 saturated heterocycles. The minimum absolute atomic E-state index is 0.294. The monoisotopic (exact) mass is 347 g/mol. The Bertz CT molecular complexity index is 613. The van der Waals surface area contributed by atoms with Crippen molar-refractivity contribution >= 4 is 21.9 Å². The highest BCUT2D eigenvalue weighted by Crippen LogP contribution is 2.19. The van der Waals surface area contributed by atoms with Crippen molar-refractivity contribution in [3.05, 3.63) is 69.7 Å². The Hall–Kier alpha value is -1.65. The lowest BCUT2D eigenvalue weighted by atomic mass is 10.1. The Morgan fingerprint density at radius 3 is 2.57 bits per heavy atom. The maximum absolute atomic E-state index is 10.9. The first-order valence-corrected chi connectivity index (χ1v) is 7.64. The predicted molar refractivity (Wildman–Crippen MR) is 87.5 cm³/mol. The van der Waals surface area contributed by atoms with E-state index in [1.165, 1.54) is 5.56 Å². The molecular weight excluding hydrogens is 330 g/mol. The van der Waals surface area contributed by atoms with E-state index in [0.29, 0.717) is 18.2 Å². The zero-order valence-corrected chi connectivity index (χ0v) is 13.4. The summed E-state index contributed by atoms with van der Waals surface area (Å²) < 4.78 is 0.821. The first kappa shape index (κ1) is 15.7. The lowest BCUT2D eigenvalue weighted by molar-refractivity contribution is 0.0697. The molecule has 2 aromatic rings. The van der Waals surface area contributed by atoms with Crippen LogP contribution in [-0.2, 0) is 13.0 Å². The first-order valence-electron chi connectivity index (χ1n) is 6.85. The number of hydrogen-bond donors (Lipinski definition) is 2. The van der Waals surface area contributed by atoms with E-state index < -0.39 is 5.97 Å². The highest BCUT2D eigenvalue weighted by atomic mass is 79.9. The van der Waals surface area contributed by atoms with E-state index in [-0.39, 0.29) is 0 Å². The van der Waals surface area contributed by atoms with E-state index in [1.54, 1.807) is 12.1 Å². The first-order chi connectivity index (χ1) is 10.1. The van der Waals surface area contributed by atoms with Crippen molar-refractivity contribution in [1.82, 2.24) is 5.32 Å². The fourth-order valence-corrected chi connectivity index (χ4v) is 2.67.